The van der Waals surface area contributed by atoms with E-state index in [-0.39, 0.29) is 0 Å². The van der Waals surface area contributed by atoms with Crippen LogP contribution in [-0.4, -0.2) is 15.0 Å². The maximum Gasteiger partial charge on any atom is 0.164 e. The summed E-state index contributed by atoms with van der Waals surface area (Å²) < 4.78 is 0. The predicted octanol–water partition coefficient (Wildman–Crippen LogP) is 14.9. The first-order chi connectivity index (χ1) is 31.3. The standard InChI is InChI=1S/C60H39N3/c1-4-21-41(22-5-1)57-61-58(53-36-18-23-40-20-10-11-28-44(40)53)63-59(62-57)54-33-15-14-31-48(54)46-30-13-12-29-45(46)47-34-19-35-51-49(47)38-39-52-50-32-16-17-37-55(50)60(56(51)52,42-24-6-2-7-25-42)43-26-8-3-9-27-43/h1-39H. The molecule has 0 unspecified atom stereocenters. The zero-order valence-corrected chi connectivity index (χ0v) is 34.4. The molecule has 1 aliphatic carbocycles. The lowest BCUT2D eigenvalue weighted by Crippen LogP contribution is -2.28. The maximum absolute atomic E-state index is 5.30. The van der Waals surface area contributed by atoms with Gasteiger partial charge in [-0.3, -0.25) is 0 Å². The molecule has 11 aromatic rings. The Morgan fingerprint density at radius 2 is 0.714 bits per heavy atom. The summed E-state index contributed by atoms with van der Waals surface area (Å²) in [5.41, 5.74) is 14.5. The first-order valence-corrected chi connectivity index (χ1v) is 21.5. The van der Waals surface area contributed by atoms with Crippen LogP contribution >= 0.6 is 0 Å². The second kappa shape index (κ2) is 15.0. The fourth-order valence-corrected chi connectivity index (χ4v) is 10.2. The van der Waals surface area contributed by atoms with E-state index in [0.717, 1.165) is 44.2 Å². The van der Waals surface area contributed by atoms with Gasteiger partial charge in [0.15, 0.2) is 17.5 Å². The summed E-state index contributed by atoms with van der Waals surface area (Å²) in [5, 5.41) is 4.68. The average molecular weight is 802 g/mol. The van der Waals surface area contributed by atoms with Crippen LogP contribution < -0.4 is 0 Å². The summed E-state index contributed by atoms with van der Waals surface area (Å²) >= 11 is 0. The molecule has 1 aliphatic rings. The summed E-state index contributed by atoms with van der Waals surface area (Å²) in [6.45, 7) is 0. The molecule has 0 radical (unpaired) electrons. The number of benzene rings is 10. The molecule has 10 aromatic carbocycles. The van der Waals surface area contributed by atoms with Gasteiger partial charge in [-0.2, -0.15) is 0 Å². The van der Waals surface area contributed by atoms with Gasteiger partial charge in [0, 0.05) is 16.7 Å². The van der Waals surface area contributed by atoms with E-state index in [1.54, 1.807) is 0 Å². The van der Waals surface area contributed by atoms with Crippen LogP contribution in [0.1, 0.15) is 22.3 Å². The van der Waals surface area contributed by atoms with Gasteiger partial charge < -0.3 is 0 Å². The van der Waals surface area contributed by atoms with Gasteiger partial charge in [0.1, 0.15) is 0 Å². The highest BCUT2D eigenvalue weighted by Gasteiger charge is 2.47. The lowest BCUT2D eigenvalue weighted by Gasteiger charge is -2.34. The van der Waals surface area contributed by atoms with Crippen molar-refractivity contribution in [2.75, 3.05) is 0 Å². The Morgan fingerprint density at radius 1 is 0.254 bits per heavy atom. The number of hydrogen-bond acceptors (Lipinski definition) is 3. The first kappa shape index (κ1) is 36.6. The van der Waals surface area contributed by atoms with Gasteiger partial charge in [0.05, 0.1) is 5.41 Å². The van der Waals surface area contributed by atoms with Crippen molar-refractivity contribution in [3.05, 3.63) is 259 Å². The van der Waals surface area contributed by atoms with Crippen molar-refractivity contribution in [3.63, 3.8) is 0 Å². The van der Waals surface area contributed by atoms with E-state index >= 15 is 0 Å². The second-order valence-corrected chi connectivity index (χ2v) is 16.2. The van der Waals surface area contributed by atoms with Crippen LogP contribution in [0.5, 0.6) is 0 Å². The molecular formula is C60H39N3. The molecule has 0 spiro atoms. The third kappa shape index (κ3) is 5.85. The molecule has 0 saturated heterocycles. The molecule has 0 atom stereocenters. The van der Waals surface area contributed by atoms with Gasteiger partial charge in [-0.1, -0.05) is 237 Å². The Hall–Kier alpha value is -8.27. The molecule has 0 bridgehead atoms. The summed E-state index contributed by atoms with van der Waals surface area (Å²) in [7, 11) is 0. The van der Waals surface area contributed by atoms with E-state index < -0.39 is 5.41 Å². The fraction of sp³-hybridized carbons (Fsp3) is 0.0167. The number of nitrogens with zero attached hydrogens (tertiary/aromatic N) is 3. The smallest absolute Gasteiger partial charge is 0.164 e. The summed E-state index contributed by atoms with van der Waals surface area (Å²) in [5.74, 6) is 1.90. The lowest BCUT2D eigenvalue weighted by atomic mass is 9.66. The molecule has 1 aromatic heterocycles. The Balaban J connectivity index is 1.08. The van der Waals surface area contributed by atoms with Gasteiger partial charge in [-0.25, -0.2) is 15.0 Å². The first-order valence-electron chi connectivity index (χ1n) is 21.5. The summed E-state index contributed by atoms with van der Waals surface area (Å²) in [4.78, 5) is 15.7. The van der Waals surface area contributed by atoms with Crippen LogP contribution in [0.25, 0.3) is 89.1 Å². The maximum atomic E-state index is 5.30. The van der Waals surface area contributed by atoms with E-state index in [0.29, 0.717) is 17.5 Å². The minimum Gasteiger partial charge on any atom is -0.208 e. The van der Waals surface area contributed by atoms with Crippen LogP contribution in [0.2, 0.25) is 0 Å². The van der Waals surface area contributed by atoms with Gasteiger partial charge in [0.25, 0.3) is 0 Å². The van der Waals surface area contributed by atoms with Crippen LogP contribution in [0.15, 0.2) is 237 Å². The molecule has 0 aliphatic heterocycles. The molecule has 294 valence electrons. The summed E-state index contributed by atoms with van der Waals surface area (Å²) in [6, 6.07) is 84.9. The zero-order valence-electron chi connectivity index (χ0n) is 34.4. The molecule has 12 rings (SSSR count). The van der Waals surface area contributed by atoms with Crippen molar-refractivity contribution in [2.45, 2.75) is 5.41 Å². The average Bonchev–Trinajstić information content (AvgIpc) is 3.68. The molecule has 63 heavy (non-hydrogen) atoms. The quantitative estimate of drug-likeness (QED) is 0.161. The Labute approximate surface area is 366 Å². The highest BCUT2D eigenvalue weighted by atomic mass is 15.0. The minimum absolute atomic E-state index is 0.518. The highest BCUT2D eigenvalue weighted by Crippen LogP contribution is 2.58. The molecule has 3 nitrogen and oxygen atoms in total. The third-order valence-corrected chi connectivity index (χ3v) is 12.8. The van der Waals surface area contributed by atoms with Gasteiger partial charge in [-0.15, -0.1) is 0 Å². The van der Waals surface area contributed by atoms with Gasteiger partial charge in [-0.05, 0) is 77.2 Å². The van der Waals surface area contributed by atoms with Crippen molar-refractivity contribution in [1.29, 1.82) is 0 Å². The van der Waals surface area contributed by atoms with E-state index in [4.69, 9.17) is 15.0 Å². The Kier molecular flexibility index (Phi) is 8.72. The molecule has 0 fully saturated rings. The molecular weight excluding hydrogens is 763 g/mol. The van der Waals surface area contributed by atoms with E-state index in [1.165, 1.54) is 49.7 Å². The largest absolute Gasteiger partial charge is 0.208 e. The van der Waals surface area contributed by atoms with Crippen molar-refractivity contribution in [2.24, 2.45) is 0 Å². The number of hydrogen-bond donors (Lipinski definition) is 0. The summed E-state index contributed by atoms with van der Waals surface area (Å²) in [6.07, 6.45) is 0. The Bertz CT molecular complexity index is 3460. The number of rotatable bonds is 7. The lowest BCUT2D eigenvalue weighted by molar-refractivity contribution is 0.775. The third-order valence-electron chi connectivity index (χ3n) is 12.8. The number of fused-ring (bicyclic) bond motifs is 6. The number of aromatic nitrogens is 3. The predicted molar refractivity (Wildman–Crippen MR) is 259 cm³/mol. The molecule has 0 saturated carbocycles. The van der Waals surface area contributed by atoms with Crippen LogP contribution in [0, 0.1) is 0 Å². The van der Waals surface area contributed by atoms with E-state index in [2.05, 4.69) is 218 Å². The molecule has 3 heteroatoms. The van der Waals surface area contributed by atoms with Gasteiger partial charge in [0.2, 0.25) is 0 Å². The van der Waals surface area contributed by atoms with E-state index in [9.17, 15) is 0 Å². The molecule has 1 heterocycles. The Morgan fingerprint density at radius 3 is 1.43 bits per heavy atom. The topological polar surface area (TPSA) is 38.7 Å². The van der Waals surface area contributed by atoms with Crippen LogP contribution in [0.3, 0.4) is 0 Å². The van der Waals surface area contributed by atoms with Gasteiger partial charge >= 0.3 is 0 Å². The monoisotopic (exact) mass is 801 g/mol. The fourth-order valence-electron chi connectivity index (χ4n) is 10.2. The van der Waals surface area contributed by atoms with Crippen molar-refractivity contribution >= 4 is 21.5 Å². The highest BCUT2D eigenvalue weighted by molar-refractivity contribution is 6.08. The van der Waals surface area contributed by atoms with Crippen LogP contribution in [0.4, 0.5) is 0 Å². The van der Waals surface area contributed by atoms with E-state index in [1.807, 2.05) is 18.2 Å². The normalized spacial score (nSPS) is 12.6. The van der Waals surface area contributed by atoms with Crippen molar-refractivity contribution < 1.29 is 0 Å². The molecule has 0 amide bonds. The molecule has 0 N–H and O–H groups in total. The second-order valence-electron chi connectivity index (χ2n) is 16.2. The minimum atomic E-state index is -0.518. The van der Waals surface area contributed by atoms with Crippen molar-refractivity contribution in [3.8, 4) is 67.5 Å². The zero-order chi connectivity index (χ0) is 41.7. The SMILES string of the molecule is c1ccc(-c2nc(-c3ccccc3-c3ccccc3-c3cccc4c5c(ccc34)-c3ccccc3C5(c3ccccc3)c3ccccc3)nc(-c3cccc4ccccc34)n2)cc1. The van der Waals surface area contributed by atoms with Crippen LogP contribution in [-0.2, 0) is 5.41 Å². The van der Waals surface area contributed by atoms with Crippen molar-refractivity contribution in [1.82, 2.24) is 15.0 Å².